The molecule has 0 radical (unpaired) electrons. The number of amides is 1. The lowest BCUT2D eigenvalue weighted by atomic mass is 10.3. The van der Waals surface area contributed by atoms with Crippen molar-refractivity contribution in [2.45, 2.75) is 12.8 Å². The van der Waals surface area contributed by atoms with Gasteiger partial charge in [0.1, 0.15) is 5.69 Å². The average Bonchev–Trinajstić information content (AvgIpc) is 2.47. The third-order valence-electron chi connectivity index (χ3n) is 1.90. The summed E-state index contributed by atoms with van der Waals surface area (Å²) < 4.78 is 26.7. The Bertz CT molecular complexity index is 356. The molecule has 0 saturated carbocycles. The van der Waals surface area contributed by atoms with Crippen molar-refractivity contribution in [1.82, 2.24) is 14.7 Å². The summed E-state index contributed by atoms with van der Waals surface area (Å²) in [4.78, 5) is 12.6. The molecule has 15 heavy (non-hydrogen) atoms. The van der Waals surface area contributed by atoms with E-state index in [1.807, 2.05) is 0 Å². The zero-order valence-corrected chi connectivity index (χ0v) is 8.87. The highest BCUT2D eigenvalue weighted by Crippen LogP contribution is 2.14. The van der Waals surface area contributed by atoms with E-state index < -0.39 is 18.4 Å². The van der Waals surface area contributed by atoms with Gasteiger partial charge in [-0.05, 0) is 6.07 Å². The van der Waals surface area contributed by atoms with E-state index in [0.717, 1.165) is 11.8 Å². The van der Waals surface area contributed by atoms with E-state index in [4.69, 9.17) is 0 Å². The van der Waals surface area contributed by atoms with E-state index in [1.54, 1.807) is 7.05 Å². The Morgan fingerprint density at radius 3 is 2.67 bits per heavy atom. The Labute approximate surface area is 86.5 Å². The van der Waals surface area contributed by atoms with Crippen LogP contribution in [0.15, 0.2) is 12.3 Å². The fraction of sp³-hybridized carbons (Fsp3) is 0.556. The van der Waals surface area contributed by atoms with E-state index >= 15 is 0 Å². The number of halogens is 2. The lowest BCUT2D eigenvalue weighted by Gasteiger charge is -2.20. The van der Waals surface area contributed by atoms with Crippen molar-refractivity contribution in [3.63, 3.8) is 0 Å². The molecule has 1 rings (SSSR count). The highest BCUT2D eigenvalue weighted by atomic mass is 19.3. The standard InChI is InChI=1S/C9H13F2N3O/c1-9(10,11)6-13(2)8(15)7-4-5-12-14(7)3/h4-5H,6H2,1-3H3. The first-order valence-corrected chi connectivity index (χ1v) is 4.42. The van der Waals surface area contributed by atoms with Crippen molar-refractivity contribution < 1.29 is 13.6 Å². The molecule has 6 heteroatoms. The number of aromatic nitrogens is 2. The molecule has 1 heterocycles. The van der Waals surface area contributed by atoms with Crippen LogP contribution in [0.25, 0.3) is 0 Å². The molecule has 0 aliphatic carbocycles. The minimum Gasteiger partial charge on any atom is -0.334 e. The van der Waals surface area contributed by atoms with Crippen molar-refractivity contribution in [1.29, 1.82) is 0 Å². The molecule has 0 spiro atoms. The summed E-state index contributed by atoms with van der Waals surface area (Å²) in [7, 11) is 2.93. The molecule has 4 nitrogen and oxygen atoms in total. The smallest absolute Gasteiger partial charge is 0.272 e. The maximum absolute atomic E-state index is 12.7. The number of carbonyl (C=O) groups excluding carboxylic acids is 1. The van der Waals surface area contributed by atoms with Gasteiger partial charge in [-0.1, -0.05) is 0 Å². The molecule has 1 amide bonds. The van der Waals surface area contributed by atoms with E-state index in [1.165, 1.54) is 24.0 Å². The van der Waals surface area contributed by atoms with Gasteiger partial charge in [0.2, 0.25) is 0 Å². The van der Waals surface area contributed by atoms with Crippen LogP contribution < -0.4 is 0 Å². The van der Waals surface area contributed by atoms with E-state index in [0.29, 0.717) is 5.69 Å². The molecule has 0 aromatic carbocycles. The normalized spacial score (nSPS) is 11.5. The summed E-state index contributed by atoms with van der Waals surface area (Å²) in [6.45, 7) is 0.178. The SMILES string of the molecule is CN(CC(C)(F)F)C(=O)c1ccnn1C. The zero-order chi connectivity index (χ0) is 11.6. The van der Waals surface area contributed by atoms with Gasteiger partial charge in [0.25, 0.3) is 11.8 Å². The van der Waals surface area contributed by atoms with Gasteiger partial charge in [-0.2, -0.15) is 5.10 Å². The van der Waals surface area contributed by atoms with Gasteiger partial charge in [-0.3, -0.25) is 9.48 Å². The van der Waals surface area contributed by atoms with Crippen molar-refractivity contribution in [2.24, 2.45) is 7.05 Å². The second-order valence-electron chi connectivity index (χ2n) is 3.57. The fourth-order valence-corrected chi connectivity index (χ4v) is 1.27. The number of alkyl halides is 2. The number of carbonyl (C=O) groups is 1. The minimum absolute atomic E-state index is 0.293. The van der Waals surface area contributed by atoms with Gasteiger partial charge in [0.15, 0.2) is 0 Å². The second-order valence-corrected chi connectivity index (χ2v) is 3.57. The third-order valence-corrected chi connectivity index (χ3v) is 1.90. The molecule has 84 valence electrons. The zero-order valence-electron chi connectivity index (χ0n) is 8.87. The first kappa shape index (κ1) is 11.6. The minimum atomic E-state index is -2.89. The second kappa shape index (κ2) is 3.96. The van der Waals surface area contributed by atoms with Crippen LogP contribution in [0.1, 0.15) is 17.4 Å². The summed E-state index contributed by atoms with van der Waals surface area (Å²) in [5.74, 6) is -3.35. The Balaban J connectivity index is 2.74. The van der Waals surface area contributed by atoms with Crippen LogP contribution in [0.2, 0.25) is 0 Å². The largest absolute Gasteiger partial charge is 0.334 e. The number of nitrogens with zero attached hydrogens (tertiary/aromatic N) is 3. The topological polar surface area (TPSA) is 38.1 Å². The highest BCUT2D eigenvalue weighted by Gasteiger charge is 2.27. The summed E-state index contributed by atoms with van der Waals surface area (Å²) in [6.07, 6.45) is 1.45. The number of rotatable bonds is 3. The van der Waals surface area contributed by atoms with Gasteiger partial charge in [0.05, 0.1) is 6.54 Å². The monoisotopic (exact) mass is 217 g/mol. The highest BCUT2D eigenvalue weighted by molar-refractivity contribution is 5.92. The molecule has 1 aromatic heterocycles. The van der Waals surface area contributed by atoms with Crippen LogP contribution >= 0.6 is 0 Å². The molecule has 0 aliphatic rings. The predicted octanol–water partition coefficient (Wildman–Crippen LogP) is 1.15. The molecule has 0 atom stereocenters. The van der Waals surface area contributed by atoms with Crippen molar-refractivity contribution in [3.8, 4) is 0 Å². The summed E-state index contributed by atoms with van der Waals surface area (Å²) >= 11 is 0. The Morgan fingerprint density at radius 1 is 1.67 bits per heavy atom. The van der Waals surface area contributed by atoms with Crippen LogP contribution in [-0.2, 0) is 7.05 Å². The van der Waals surface area contributed by atoms with Crippen molar-refractivity contribution in [2.75, 3.05) is 13.6 Å². The lowest BCUT2D eigenvalue weighted by Crippen LogP contribution is -2.37. The van der Waals surface area contributed by atoms with Crippen LogP contribution in [0.4, 0.5) is 8.78 Å². The van der Waals surface area contributed by atoms with Crippen LogP contribution in [0, 0.1) is 0 Å². The van der Waals surface area contributed by atoms with Gasteiger partial charge < -0.3 is 4.90 Å². The summed E-state index contributed by atoms with van der Waals surface area (Å²) in [5, 5.41) is 3.80. The number of hydrogen-bond acceptors (Lipinski definition) is 2. The summed E-state index contributed by atoms with van der Waals surface area (Å²) in [6, 6.07) is 1.49. The predicted molar refractivity (Wildman–Crippen MR) is 50.8 cm³/mol. The first-order valence-electron chi connectivity index (χ1n) is 4.42. The lowest BCUT2D eigenvalue weighted by molar-refractivity contribution is -0.00584. The van der Waals surface area contributed by atoms with E-state index in [-0.39, 0.29) is 0 Å². The van der Waals surface area contributed by atoms with Crippen molar-refractivity contribution >= 4 is 5.91 Å². The van der Waals surface area contributed by atoms with Gasteiger partial charge >= 0.3 is 0 Å². The maximum atomic E-state index is 12.7. The van der Waals surface area contributed by atoms with E-state index in [9.17, 15) is 13.6 Å². The molecule has 0 bridgehead atoms. The van der Waals surface area contributed by atoms with Crippen molar-refractivity contribution in [3.05, 3.63) is 18.0 Å². The Morgan fingerprint density at radius 2 is 2.27 bits per heavy atom. The Kier molecular flexibility index (Phi) is 3.06. The molecule has 0 aliphatic heterocycles. The van der Waals surface area contributed by atoms with Gasteiger partial charge in [-0.25, -0.2) is 8.78 Å². The molecule has 0 N–H and O–H groups in total. The molecular weight excluding hydrogens is 204 g/mol. The number of aryl methyl sites for hydroxylation is 1. The van der Waals surface area contributed by atoms with Crippen LogP contribution in [0.3, 0.4) is 0 Å². The summed E-state index contributed by atoms with van der Waals surface area (Å²) in [5.41, 5.74) is 0.293. The quantitative estimate of drug-likeness (QED) is 0.761. The molecule has 0 unspecified atom stereocenters. The maximum Gasteiger partial charge on any atom is 0.272 e. The van der Waals surface area contributed by atoms with Crippen LogP contribution in [0.5, 0.6) is 0 Å². The fourth-order valence-electron chi connectivity index (χ4n) is 1.27. The third kappa shape index (κ3) is 3.00. The first-order chi connectivity index (χ1) is 6.81. The molecule has 0 saturated heterocycles. The van der Waals surface area contributed by atoms with Crippen LogP contribution in [-0.4, -0.2) is 40.1 Å². The average molecular weight is 217 g/mol. The van der Waals surface area contributed by atoms with Gasteiger partial charge in [0, 0.05) is 27.2 Å². The van der Waals surface area contributed by atoms with E-state index in [2.05, 4.69) is 5.10 Å². The molecule has 1 aromatic rings. The molecule has 0 fully saturated rings. The van der Waals surface area contributed by atoms with Gasteiger partial charge in [-0.15, -0.1) is 0 Å². The number of hydrogen-bond donors (Lipinski definition) is 0. The Hall–Kier alpha value is -1.46. The molecular formula is C9H13F2N3O.